The monoisotopic (exact) mass is 284 g/mol. The predicted octanol–water partition coefficient (Wildman–Crippen LogP) is 5.87. The Balaban J connectivity index is 1.96. The Kier molecular flexibility index (Phi) is 3.77. The van der Waals surface area contributed by atoms with E-state index in [1.54, 1.807) is 11.8 Å². The molecule has 3 aromatic carbocycles. The van der Waals surface area contributed by atoms with Gasteiger partial charge in [0.1, 0.15) is 4.71 Å². The van der Waals surface area contributed by atoms with Crippen LogP contribution in [0.3, 0.4) is 0 Å². The number of benzene rings is 3. The van der Waals surface area contributed by atoms with E-state index in [-0.39, 0.29) is 4.71 Å². The molecule has 0 radical (unpaired) electrons. The summed E-state index contributed by atoms with van der Waals surface area (Å²) in [6.07, 6.45) is 0. The lowest BCUT2D eigenvalue weighted by atomic mass is 10.1. The van der Waals surface area contributed by atoms with E-state index in [9.17, 15) is 0 Å². The molecule has 0 N–H and O–H groups in total. The minimum Gasteiger partial charge on any atom is -0.105 e. The van der Waals surface area contributed by atoms with Crippen molar-refractivity contribution < 1.29 is 0 Å². The minimum absolute atomic E-state index is 0.0755. The SMILES string of the molecule is ClC(Sc1ccccc1)c1cccc2ccccc12. The Morgan fingerprint density at radius 3 is 2.26 bits per heavy atom. The van der Waals surface area contributed by atoms with Gasteiger partial charge >= 0.3 is 0 Å². The van der Waals surface area contributed by atoms with Crippen LogP contribution in [0.5, 0.6) is 0 Å². The molecule has 0 aromatic heterocycles. The lowest BCUT2D eigenvalue weighted by Gasteiger charge is -2.12. The molecule has 0 heterocycles. The smallest absolute Gasteiger partial charge is 0.105 e. The van der Waals surface area contributed by atoms with E-state index in [2.05, 4.69) is 54.6 Å². The van der Waals surface area contributed by atoms with Crippen molar-refractivity contribution in [1.82, 2.24) is 0 Å². The number of hydrogen-bond donors (Lipinski definition) is 0. The maximum Gasteiger partial charge on any atom is 0.109 e. The highest BCUT2D eigenvalue weighted by atomic mass is 35.5. The summed E-state index contributed by atoms with van der Waals surface area (Å²) < 4.78 is -0.0755. The van der Waals surface area contributed by atoms with Gasteiger partial charge in [-0.05, 0) is 28.5 Å². The van der Waals surface area contributed by atoms with Crippen molar-refractivity contribution in [3.05, 3.63) is 78.4 Å². The maximum atomic E-state index is 6.58. The molecular weight excluding hydrogens is 272 g/mol. The van der Waals surface area contributed by atoms with E-state index in [4.69, 9.17) is 11.6 Å². The molecule has 0 aliphatic heterocycles. The number of halogens is 1. The quantitative estimate of drug-likeness (QED) is 0.428. The van der Waals surface area contributed by atoms with Gasteiger partial charge in [0, 0.05) is 4.90 Å². The Morgan fingerprint density at radius 1 is 0.737 bits per heavy atom. The molecule has 0 nitrogen and oxygen atoms in total. The zero-order chi connectivity index (χ0) is 13.1. The number of alkyl halides is 1. The van der Waals surface area contributed by atoms with Gasteiger partial charge in [-0.2, -0.15) is 0 Å². The van der Waals surface area contributed by atoms with Crippen LogP contribution in [-0.4, -0.2) is 0 Å². The van der Waals surface area contributed by atoms with Gasteiger partial charge in [0.2, 0.25) is 0 Å². The zero-order valence-corrected chi connectivity index (χ0v) is 11.9. The van der Waals surface area contributed by atoms with Crippen molar-refractivity contribution in [2.75, 3.05) is 0 Å². The molecule has 0 amide bonds. The Labute approximate surface area is 122 Å². The minimum atomic E-state index is -0.0755. The third-order valence-corrected chi connectivity index (χ3v) is 4.56. The van der Waals surface area contributed by atoms with Gasteiger partial charge in [0.15, 0.2) is 0 Å². The second-order valence-electron chi connectivity index (χ2n) is 4.32. The van der Waals surface area contributed by atoms with Crippen LogP contribution in [0.25, 0.3) is 10.8 Å². The normalized spacial score (nSPS) is 12.5. The summed E-state index contributed by atoms with van der Waals surface area (Å²) in [6.45, 7) is 0. The van der Waals surface area contributed by atoms with E-state index >= 15 is 0 Å². The molecule has 3 rings (SSSR count). The fraction of sp³-hybridized carbons (Fsp3) is 0.0588. The third-order valence-electron chi connectivity index (χ3n) is 3.05. The van der Waals surface area contributed by atoms with Crippen molar-refractivity contribution in [2.45, 2.75) is 9.60 Å². The van der Waals surface area contributed by atoms with Crippen molar-refractivity contribution in [3.8, 4) is 0 Å². The highest BCUT2D eigenvalue weighted by molar-refractivity contribution is 8.00. The van der Waals surface area contributed by atoms with E-state index in [0.29, 0.717) is 0 Å². The molecule has 1 atom stereocenters. The molecule has 0 spiro atoms. The van der Waals surface area contributed by atoms with Crippen LogP contribution in [0.4, 0.5) is 0 Å². The van der Waals surface area contributed by atoms with Gasteiger partial charge in [0.05, 0.1) is 0 Å². The molecule has 19 heavy (non-hydrogen) atoms. The number of hydrogen-bond acceptors (Lipinski definition) is 1. The molecule has 1 unspecified atom stereocenters. The zero-order valence-electron chi connectivity index (χ0n) is 10.3. The molecule has 0 aliphatic rings. The second kappa shape index (κ2) is 5.68. The van der Waals surface area contributed by atoms with Gasteiger partial charge in [-0.15, -0.1) is 23.4 Å². The fourth-order valence-corrected chi connectivity index (χ4v) is 3.52. The summed E-state index contributed by atoms with van der Waals surface area (Å²) in [5.41, 5.74) is 1.17. The van der Waals surface area contributed by atoms with Crippen molar-refractivity contribution >= 4 is 34.1 Å². The highest BCUT2D eigenvalue weighted by Crippen LogP contribution is 2.40. The van der Waals surface area contributed by atoms with Crippen LogP contribution < -0.4 is 0 Å². The lowest BCUT2D eigenvalue weighted by Crippen LogP contribution is -1.87. The van der Waals surface area contributed by atoms with Gasteiger partial charge in [0.25, 0.3) is 0 Å². The molecule has 0 bridgehead atoms. The second-order valence-corrected chi connectivity index (χ2v) is 6.19. The summed E-state index contributed by atoms with van der Waals surface area (Å²) in [7, 11) is 0. The average Bonchev–Trinajstić information content (AvgIpc) is 2.47. The molecule has 2 heteroatoms. The van der Waals surface area contributed by atoms with Crippen LogP contribution in [0.2, 0.25) is 0 Å². The van der Waals surface area contributed by atoms with Gasteiger partial charge in [-0.1, -0.05) is 60.7 Å². The molecule has 0 fully saturated rings. The lowest BCUT2D eigenvalue weighted by molar-refractivity contribution is 1.37. The van der Waals surface area contributed by atoms with Crippen molar-refractivity contribution in [1.29, 1.82) is 0 Å². The van der Waals surface area contributed by atoms with Gasteiger partial charge < -0.3 is 0 Å². The standard InChI is InChI=1S/C17H13ClS/c18-17(19-14-9-2-1-3-10-14)16-12-6-8-13-7-4-5-11-15(13)16/h1-12,17H. The van der Waals surface area contributed by atoms with E-state index < -0.39 is 0 Å². The van der Waals surface area contributed by atoms with E-state index in [1.807, 2.05) is 18.2 Å². The topological polar surface area (TPSA) is 0 Å². The summed E-state index contributed by atoms with van der Waals surface area (Å²) in [4.78, 5) is 1.19. The van der Waals surface area contributed by atoms with Gasteiger partial charge in [-0.25, -0.2) is 0 Å². The molecule has 0 saturated heterocycles. The Bertz CT molecular complexity index is 674. The first kappa shape index (κ1) is 12.6. The summed E-state index contributed by atoms with van der Waals surface area (Å²) >= 11 is 8.26. The van der Waals surface area contributed by atoms with Crippen LogP contribution in [-0.2, 0) is 0 Å². The molecule has 0 saturated carbocycles. The largest absolute Gasteiger partial charge is 0.109 e. The first-order valence-electron chi connectivity index (χ1n) is 6.18. The predicted molar refractivity (Wildman–Crippen MR) is 84.8 cm³/mol. The molecule has 0 aliphatic carbocycles. The molecule has 3 aromatic rings. The average molecular weight is 285 g/mol. The highest BCUT2D eigenvalue weighted by Gasteiger charge is 2.12. The summed E-state index contributed by atoms with van der Waals surface area (Å²) in [6, 6.07) is 24.9. The van der Waals surface area contributed by atoms with Crippen molar-refractivity contribution in [2.24, 2.45) is 0 Å². The molecular formula is C17H13ClS. The van der Waals surface area contributed by atoms with Crippen LogP contribution in [0.1, 0.15) is 10.3 Å². The maximum absolute atomic E-state index is 6.58. The first-order valence-corrected chi connectivity index (χ1v) is 7.49. The number of rotatable bonds is 3. The number of thioether (sulfide) groups is 1. The van der Waals surface area contributed by atoms with Crippen LogP contribution in [0, 0.1) is 0 Å². The Morgan fingerprint density at radius 2 is 1.42 bits per heavy atom. The third kappa shape index (κ3) is 2.78. The van der Waals surface area contributed by atoms with Gasteiger partial charge in [-0.3, -0.25) is 0 Å². The fourth-order valence-electron chi connectivity index (χ4n) is 2.13. The van der Waals surface area contributed by atoms with Crippen LogP contribution >= 0.6 is 23.4 Å². The molecule has 94 valence electrons. The first-order chi connectivity index (χ1) is 9.34. The summed E-state index contributed by atoms with van der Waals surface area (Å²) in [5.74, 6) is 0. The van der Waals surface area contributed by atoms with E-state index in [1.165, 1.54) is 21.2 Å². The van der Waals surface area contributed by atoms with Crippen LogP contribution in [0.15, 0.2) is 77.7 Å². The van der Waals surface area contributed by atoms with Crippen molar-refractivity contribution in [3.63, 3.8) is 0 Å². The van der Waals surface area contributed by atoms with E-state index in [0.717, 1.165) is 0 Å². The summed E-state index contributed by atoms with van der Waals surface area (Å²) in [5, 5.41) is 2.47. The number of fused-ring (bicyclic) bond motifs is 1. The Hall–Kier alpha value is -1.44.